The highest BCUT2D eigenvalue weighted by molar-refractivity contribution is 5.85. The summed E-state index contributed by atoms with van der Waals surface area (Å²) in [5, 5.41) is 13.1. The highest BCUT2D eigenvalue weighted by Gasteiger charge is 2.31. The summed E-state index contributed by atoms with van der Waals surface area (Å²) in [7, 11) is 0. The molecule has 21 heavy (non-hydrogen) atoms. The molecule has 120 valence electrons. The number of piperazine rings is 1. The van der Waals surface area contributed by atoms with Crippen LogP contribution in [-0.4, -0.2) is 42.5 Å². The second-order valence-corrected chi connectivity index (χ2v) is 4.73. The number of phenolic OH excluding ortho intramolecular Hbond substituents is 1. The Kier molecular flexibility index (Phi) is 6.12. The maximum absolute atomic E-state index is 12.2. The van der Waals surface area contributed by atoms with E-state index >= 15 is 0 Å². The molecule has 0 radical (unpaired) electrons. The predicted molar refractivity (Wildman–Crippen MR) is 74.9 cm³/mol. The SMILES string of the molecule is C[C@H](c1cc(OC(F)(F)F)ccc1O)N1CCNCC1.Cl. The van der Waals surface area contributed by atoms with E-state index in [1.54, 1.807) is 0 Å². The molecule has 4 nitrogen and oxygen atoms in total. The Morgan fingerprint density at radius 2 is 1.90 bits per heavy atom. The summed E-state index contributed by atoms with van der Waals surface area (Å²) in [6.45, 7) is 5.07. The average molecular weight is 327 g/mol. The van der Waals surface area contributed by atoms with Gasteiger partial charge in [0.1, 0.15) is 11.5 Å². The lowest BCUT2D eigenvalue weighted by Crippen LogP contribution is -2.44. The van der Waals surface area contributed by atoms with Crippen LogP contribution in [0.3, 0.4) is 0 Å². The van der Waals surface area contributed by atoms with Gasteiger partial charge in [-0.3, -0.25) is 4.90 Å². The van der Waals surface area contributed by atoms with Crippen LogP contribution < -0.4 is 10.1 Å². The Hall–Kier alpha value is -1.18. The molecule has 8 heteroatoms. The molecule has 1 atom stereocenters. The van der Waals surface area contributed by atoms with E-state index in [2.05, 4.69) is 15.0 Å². The van der Waals surface area contributed by atoms with Crippen molar-refractivity contribution < 1.29 is 23.0 Å². The summed E-state index contributed by atoms with van der Waals surface area (Å²) in [5.41, 5.74) is 0.439. The maximum Gasteiger partial charge on any atom is 0.573 e. The minimum Gasteiger partial charge on any atom is -0.508 e. The molecule has 1 heterocycles. The molecule has 0 aromatic heterocycles. The summed E-state index contributed by atoms with van der Waals surface area (Å²) in [5.74, 6) is -0.335. The van der Waals surface area contributed by atoms with Gasteiger partial charge in [-0.25, -0.2) is 0 Å². The Balaban J connectivity index is 0.00000220. The molecule has 0 unspecified atom stereocenters. The van der Waals surface area contributed by atoms with Gasteiger partial charge in [0.2, 0.25) is 0 Å². The lowest BCUT2D eigenvalue weighted by molar-refractivity contribution is -0.274. The summed E-state index contributed by atoms with van der Waals surface area (Å²) in [6.07, 6.45) is -4.73. The Bertz CT molecular complexity index is 465. The van der Waals surface area contributed by atoms with Crippen LogP contribution in [0.25, 0.3) is 0 Å². The van der Waals surface area contributed by atoms with Crippen molar-refractivity contribution in [3.05, 3.63) is 23.8 Å². The second kappa shape index (κ2) is 7.20. The van der Waals surface area contributed by atoms with Crippen molar-refractivity contribution in [2.24, 2.45) is 0 Å². The van der Waals surface area contributed by atoms with Gasteiger partial charge in [-0.1, -0.05) is 0 Å². The Morgan fingerprint density at radius 1 is 1.29 bits per heavy atom. The number of benzene rings is 1. The fourth-order valence-corrected chi connectivity index (χ4v) is 2.33. The van der Waals surface area contributed by atoms with Crippen LogP contribution in [0.4, 0.5) is 13.2 Å². The van der Waals surface area contributed by atoms with E-state index < -0.39 is 6.36 Å². The number of halogens is 4. The van der Waals surface area contributed by atoms with Crippen LogP contribution in [0, 0.1) is 0 Å². The predicted octanol–water partition coefficient (Wildman–Crippen LogP) is 2.68. The first kappa shape index (κ1) is 17.9. The van der Waals surface area contributed by atoms with Crippen molar-refractivity contribution in [2.75, 3.05) is 26.2 Å². The van der Waals surface area contributed by atoms with Crippen molar-refractivity contribution in [1.29, 1.82) is 0 Å². The van der Waals surface area contributed by atoms with Crippen molar-refractivity contribution in [3.8, 4) is 11.5 Å². The zero-order valence-corrected chi connectivity index (χ0v) is 12.3. The molecule has 0 amide bonds. The van der Waals surface area contributed by atoms with Crippen LogP contribution in [0.2, 0.25) is 0 Å². The summed E-state index contributed by atoms with van der Waals surface area (Å²) in [4.78, 5) is 2.10. The largest absolute Gasteiger partial charge is 0.573 e. The van der Waals surface area contributed by atoms with Gasteiger partial charge in [-0.15, -0.1) is 25.6 Å². The first-order valence-corrected chi connectivity index (χ1v) is 6.40. The molecule has 2 rings (SSSR count). The third kappa shape index (κ3) is 4.94. The van der Waals surface area contributed by atoms with Crippen LogP contribution in [0.5, 0.6) is 11.5 Å². The number of rotatable bonds is 3. The minimum absolute atomic E-state index is 0. The molecule has 1 aliphatic heterocycles. The van der Waals surface area contributed by atoms with Crippen LogP contribution in [0.1, 0.15) is 18.5 Å². The molecular formula is C13H18ClF3N2O2. The van der Waals surface area contributed by atoms with E-state index in [1.807, 2.05) is 6.92 Å². The van der Waals surface area contributed by atoms with Gasteiger partial charge in [0.25, 0.3) is 0 Å². The molecule has 1 saturated heterocycles. The number of nitrogens with one attached hydrogen (secondary N) is 1. The van der Waals surface area contributed by atoms with Crippen molar-refractivity contribution in [1.82, 2.24) is 10.2 Å². The van der Waals surface area contributed by atoms with Crippen LogP contribution in [0.15, 0.2) is 18.2 Å². The maximum atomic E-state index is 12.2. The fourth-order valence-electron chi connectivity index (χ4n) is 2.33. The highest BCUT2D eigenvalue weighted by atomic mass is 35.5. The smallest absolute Gasteiger partial charge is 0.508 e. The van der Waals surface area contributed by atoms with Gasteiger partial charge in [0.15, 0.2) is 0 Å². The van der Waals surface area contributed by atoms with Gasteiger partial charge in [0, 0.05) is 37.8 Å². The van der Waals surface area contributed by atoms with Crippen LogP contribution >= 0.6 is 12.4 Å². The first-order valence-electron chi connectivity index (χ1n) is 6.40. The number of hydrogen-bond donors (Lipinski definition) is 2. The third-order valence-electron chi connectivity index (χ3n) is 3.38. The number of nitrogens with zero attached hydrogens (tertiary/aromatic N) is 1. The lowest BCUT2D eigenvalue weighted by atomic mass is 10.0. The lowest BCUT2D eigenvalue weighted by Gasteiger charge is -2.33. The number of phenols is 1. The van der Waals surface area contributed by atoms with Crippen molar-refractivity contribution in [2.45, 2.75) is 19.3 Å². The Morgan fingerprint density at radius 3 is 2.48 bits per heavy atom. The number of aromatic hydroxyl groups is 1. The minimum atomic E-state index is -4.73. The molecule has 0 spiro atoms. The number of alkyl halides is 3. The summed E-state index contributed by atoms with van der Waals surface area (Å²) >= 11 is 0. The highest BCUT2D eigenvalue weighted by Crippen LogP contribution is 2.33. The first-order chi connectivity index (χ1) is 9.37. The molecular weight excluding hydrogens is 309 g/mol. The number of hydrogen-bond acceptors (Lipinski definition) is 4. The van der Waals surface area contributed by atoms with Gasteiger partial charge >= 0.3 is 6.36 Å². The van der Waals surface area contributed by atoms with Gasteiger partial charge < -0.3 is 15.2 Å². The van der Waals surface area contributed by atoms with E-state index in [0.29, 0.717) is 5.56 Å². The zero-order chi connectivity index (χ0) is 14.8. The fraction of sp³-hybridized carbons (Fsp3) is 0.538. The number of ether oxygens (including phenoxy) is 1. The third-order valence-corrected chi connectivity index (χ3v) is 3.38. The molecule has 2 N–H and O–H groups in total. The van der Waals surface area contributed by atoms with Gasteiger partial charge in [-0.05, 0) is 25.1 Å². The molecule has 1 aromatic rings. The van der Waals surface area contributed by atoms with E-state index in [4.69, 9.17) is 0 Å². The summed E-state index contributed by atoms with van der Waals surface area (Å²) < 4.78 is 40.6. The molecule has 0 saturated carbocycles. The quantitative estimate of drug-likeness (QED) is 0.896. The summed E-state index contributed by atoms with van der Waals surface area (Å²) in [6, 6.07) is 3.41. The Labute approximate surface area is 127 Å². The second-order valence-electron chi connectivity index (χ2n) is 4.73. The van der Waals surface area contributed by atoms with E-state index in [-0.39, 0.29) is 29.9 Å². The monoisotopic (exact) mass is 326 g/mol. The van der Waals surface area contributed by atoms with E-state index in [9.17, 15) is 18.3 Å². The van der Waals surface area contributed by atoms with Crippen molar-refractivity contribution >= 4 is 12.4 Å². The van der Waals surface area contributed by atoms with Crippen molar-refractivity contribution in [3.63, 3.8) is 0 Å². The van der Waals surface area contributed by atoms with Gasteiger partial charge in [-0.2, -0.15) is 0 Å². The average Bonchev–Trinajstić information content (AvgIpc) is 2.40. The normalized spacial score (nSPS) is 17.9. The molecule has 1 aliphatic rings. The zero-order valence-electron chi connectivity index (χ0n) is 11.5. The topological polar surface area (TPSA) is 44.7 Å². The molecule has 0 aliphatic carbocycles. The van der Waals surface area contributed by atoms with Gasteiger partial charge in [0.05, 0.1) is 0 Å². The standard InChI is InChI=1S/C13H17F3N2O2.ClH/c1-9(18-6-4-17-5-7-18)11-8-10(2-3-12(11)19)20-13(14,15)16;/h2-3,8-9,17,19H,4-7H2,1H3;1H/t9-;/m1./s1. The van der Waals surface area contributed by atoms with E-state index in [0.717, 1.165) is 32.2 Å². The molecule has 0 bridgehead atoms. The molecule has 1 fully saturated rings. The van der Waals surface area contributed by atoms with E-state index in [1.165, 1.54) is 12.1 Å². The molecule has 1 aromatic carbocycles. The van der Waals surface area contributed by atoms with Crippen LogP contribution in [-0.2, 0) is 0 Å².